The summed E-state index contributed by atoms with van der Waals surface area (Å²) in [6.45, 7) is 10.2. The van der Waals surface area contributed by atoms with Crippen LogP contribution in [0.1, 0.15) is 78.6 Å². The first-order valence-corrected chi connectivity index (χ1v) is 15.6. The lowest BCUT2D eigenvalue weighted by molar-refractivity contribution is -0.139. The third-order valence-corrected chi connectivity index (χ3v) is 8.62. The second-order valence-corrected chi connectivity index (χ2v) is 12.8. The van der Waals surface area contributed by atoms with Crippen LogP contribution in [0.2, 0.25) is 0 Å². The molecule has 1 fully saturated rings. The number of halogens is 5. The Morgan fingerprint density at radius 1 is 0.979 bits per heavy atom. The van der Waals surface area contributed by atoms with Crippen LogP contribution < -0.4 is 10.9 Å². The molecule has 47 heavy (non-hydrogen) atoms. The van der Waals surface area contributed by atoms with E-state index in [4.69, 9.17) is 0 Å². The molecule has 1 aromatic heterocycles. The number of nitrogens with one attached hydrogen (secondary N) is 1. The van der Waals surface area contributed by atoms with Crippen molar-refractivity contribution in [3.8, 4) is 11.1 Å². The summed E-state index contributed by atoms with van der Waals surface area (Å²) >= 11 is 0. The molecule has 3 aromatic rings. The quantitative estimate of drug-likeness (QED) is 0.206. The molecule has 1 aliphatic heterocycles. The zero-order chi connectivity index (χ0) is 34.8. The van der Waals surface area contributed by atoms with Crippen LogP contribution >= 0.6 is 0 Å². The Bertz CT molecular complexity index is 1710. The Morgan fingerprint density at radius 2 is 1.66 bits per heavy atom. The van der Waals surface area contributed by atoms with Gasteiger partial charge in [0.25, 0.3) is 5.56 Å². The first-order valence-electron chi connectivity index (χ1n) is 15.6. The fraction of sp³-hybridized carbons (Fsp3) is 0.457. The molecule has 2 aromatic carbocycles. The zero-order valence-electron chi connectivity index (χ0n) is 27.1. The van der Waals surface area contributed by atoms with E-state index >= 15 is 4.39 Å². The number of carbonyl (C=O) groups is 2. The molecule has 0 saturated carbocycles. The van der Waals surface area contributed by atoms with E-state index in [1.54, 1.807) is 39.8 Å². The number of pyridine rings is 1. The van der Waals surface area contributed by atoms with E-state index in [2.05, 4.69) is 5.32 Å². The SMILES string of the molecule is Cc1cc(-c2cc(C)c(F)c(C(CC(=O)O)NC(=O)C(CC(C)C)n3cc(CCN4CCC4)c(C(F)(F)F)cc3=O)c2)c(C)cc1F. The van der Waals surface area contributed by atoms with Gasteiger partial charge in [-0.05, 0) is 117 Å². The van der Waals surface area contributed by atoms with Gasteiger partial charge in [-0.25, -0.2) is 8.78 Å². The lowest BCUT2D eigenvalue weighted by atomic mass is 9.91. The monoisotopic (exact) mass is 661 g/mol. The highest BCUT2D eigenvalue weighted by Gasteiger charge is 2.36. The maximum absolute atomic E-state index is 15.7. The first-order chi connectivity index (χ1) is 22.0. The van der Waals surface area contributed by atoms with Gasteiger partial charge in [-0.15, -0.1) is 0 Å². The summed E-state index contributed by atoms with van der Waals surface area (Å²) < 4.78 is 72.8. The minimum Gasteiger partial charge on any atom is -0.481 e. The number of rotatable bonds is 12. The van der Waals surface area contributed by atoms with Crippen molar-refractivity contribution in [2.45, 2.75) is 78.6 Å². The van der Waals surface area contributed by atoms with Gasteiger partial charge in [0.05, 0.1) is 18.0 Å². The van der Waals surface area contributed by atoms with Gasteiger partial charge in [0.15, 0.2) is 0 Å². The Hall–Kier alpha value is -4.06. The molecule has 0 aliphatic carbocycles. The molecule has 7 nitrogen and oxygen atoms in total. The number of aliphatic carboxylic acids is 1. The maximum atomic E-state index is 15.7. The topological polar surface area (TPSA) is 91.6 Å². The van der Waals surface area contributed by atoms with Crippen molar-refractivity contribution in [2.75, 3.05) is 19.6 Å². The van der Waals surface area contributed by atoms with E-state index in [0.29, 0.717) is 34.9 Å². The Balaban J connectivity index is 1.77. The Kier molecular flexibility index (Phi) is 10.9. The summed E-state index contributed by atoms with van der Waals surface area (Å²) in [5, 5.41) is 12.4. The number of aromatic nitrogens is 1. The van der Waals surface area contributed by atoms with Gasteiger partial charge < -0.3 is 19.9 Å². The molecular weight excluding hydrogens is 621 g/mol. The molecule has 2 N–H and O–H groups in total. The molecule has 1 aliphatic rings. The van der Waals surface area contributed by atoms with Crippen LogP contribution in [-0.4, -0.2) is 46.1 Å². The summed E-state index contributed by atoms with van der Waals surface area (Å²) in [4.78, 5) is 41.1. The van der Waals surface area contributed by atoms with Crippen LogP contribution in [0.25, 0.3) is 11.1 Å². The van der Waals surface area contributed by atoms with Crippen LogP contribution in [0.15, 0.2) is 41.3 Å². The van der Waals surface area contributed by atoms with Gasteiger partial charge in [-0.3, -0.25) is 14.4 Å². The number of aryl methyl sites for hydroxylation is 3. The number of amides is 1. The summed E-state index contributed by atoms with van der Waals surface area (Å²) in [5.41, 5.74) is -0.212. The van der Waals surface area contributed by atoms with Crippen molar-refractivity contribution < 1.29 is 36.6 Å². The number of likely N-dealkylation sites (tertiary alicyclic amines) is 1. The number of carboxylic acids is 1. The van der Waals surface area contributed by atoms with Gasteiger partial charge in [-0.2, -0.15) is 13.2 Å². The summed E-state index contributed by atoms with van der Waals surface area (Å²) in [6.07, 6.45) is -3.43. The standard InChI is InChI=1S/C35H40F5N3O4/c1-19(2)11-30(43-18-23(7-10-42-8-6-9-42)27(16-31(43)44)35(38,39)40)34(47)41-29(17-32(45)46)26-15-24(12-22(5)33(26)37)25-13-21(4)28(36)14-20(25)3/h12-16,18-19,29-30H,6-11,17H2,1-5H3,(H,41,47)(H,45,46). The van der Waals surface area contributed by atoms with Crippen LogP contribution in [0.3, 0.4) is 0 Å². The number of hydrogen-bond acceptors (Lipinski definition) is 4. The highest BCUT2D eigenvalue weighted by Crippen LogP contribution is 2.34. The minimum absolute atomic E-state index is 0.00629. The first kappa shape index (κ1) is 35.8. The van der Waals surface area contributed by atoms with E-state index in [1.165, 1.54) is 19.1 Å². The normalized spacial score (nSPS) is 15.0. The van der Waals surface area contributed by atoms with E-state index in [1.807, 2.05) is 4.90 Å². The lowest BCUT2D eigenvalue weighted by Gasteiger charge is -2.31. The summed E-state index contributed by atoms with van der Waals surface area (Å²) in [5.74, 6) is -3.55. The predicted octanol–water partition coefficient (Wildman–Crippen LogP) is 6.91. The van der Waals surface area contributed by atoms with Crippen LogP contribution in [0.4, 0.5) is 22.0 Å². The Morgan fingerprint density at radius 3 is 2.23 bits per heavy atom. The number of benzene rings is 2. The van der Waals surface area contributed by atoms with Crippen molar-refractivity contribution >= 4 is 11.9 Å². The van der Waals surface area contributed by atoms with Gasteiger partial charge in [0.2, 0.25) is 5.91 Å². The number of carbonyl (C=O) groups excluding carboxylic acids is 1. The van der Waals surface area contributed by atoms with Gasteiger partial charge >= 0.3 is 12.1 Å². The molecule has 1 amide bonds. The number of nitrogens with zero attached hydrogens (tertiary/aromatic N) is 2. The van der Waals surface area contributed by atoms with Crippen molar-refractivity contribution in [2.24, 2.45) is 5.92 Å². The maximum Gasteiger partial charge on any atom is 0.416 e. The average Bonchev–Trinajstić information content (AvgIpc) is 2.93. The van der Waals surface area contributed by atoms with Crippen molar-refractivity contribution in [1.29, 1.82) is 0 Å². The van der Waals surface area contributed by atoms with E-state index in [0.717, 1.165) is 30.3 Å². The van der Waals surface area contributed by atoms with Gasteiger partial charge in [0.1, 0.15) is 17.7 Å². The summed E-state index contributed by atoms with van der Waals surface area (Å²) in [7, 11) is 0. The number of hydrogen-bond donors (Lipinski definition) is 2. The third-order valence-electron chi connectivity index (χ3n) is 8.62. The highest BCUT2D eigenvalue weighted by atomic mass is 19.4. The van der Waals surface area contributed by atoms with E-state index in [9.17, 15) is 37.1 Å². The van der Waals surface area contributed by atoms with Crippen LogP contribution in [-0.2, 0) is 22.2 Å². The molecule has 2 atom stereocenters. The second kappa shape index (κ2) is 14.4. The second-order valence-electron chi connectivity index (χ2n) is 12.8. The van der Waals surface area contributed by atoms with Crippen LogP contribution in [0, 0.1) is 38.3 Å². The van der Waals surface area contributed by atoms with Gasteiger partial charge in [-0.1, -0.05) is 13.8 Å². The number of carboxylic acid groups (broad SMARTS) is 1. The molecule has 2 heterocycles. The lowest BCUT2D eigenvalue weighted by Crippen LogP contribution is -2.41. The molecule has 0 spiro atoms. The van der Waals surface area contributed by atoms with Gasteiger partial charge in [0, 0.05) is 24.4 Å². The fourth-order valence-corrected chi connectivity index (χ4v) is 5.95. The van der Waals surface area contributed by atoms with Crippen molar-refractivity contribution in [3.05, 3.63) is 91.9 Å². The van der Waals surface area contributed by atoms with Crippen molar-refractivity contribution in [1.82, 2.24) is 14.8 Å². The number of alkyl halides is 3. The molecule has 12 heteroatoms. The molecule has 0 bridgehead atoms. The molecule has 2 unspecified atom stereocenters. The van der Waals surface area contributed by atoms with Crippen molar-refractivity contribution in [3.63, 3.8) is 0 Å². The molecular formula is C35H40F5N3O4. The largest absolute Gasteiger partial charge is 0.481 e. The smallest absolute Gasteiger partial charge is 0.416 e. The van der Waals surface area contributed by atoms with E-state index < -0.39 is 59.3 Å². The fourth-order valence-electron chi connectivity index (χ4n) is 5.95. The average molecular weight is 662 g/mol. The highest BCUT2D eigenvalue weighted by molar-refractivity contribution is 5.82. The van der Waals surface area contributed by atoms with E-state index in [-0.39, 0.29) is 35.4 Å². The third kappa shape index (κ3) is 8.46. The molecule has 0 radical (unpaired) electrons. The van der Waals surface area contributed by atoms with Crippen LogP contribution in [0.5, 0.6) is 0 Å². The molecule has 4 rings (SSSR count). The Labute approximate surface area is 270 Å². The minimum atomic E-state index is -4.78. The zero-order valence-corrected chi connectivity index (χ0v) is 27.1. The predicted molar refractivity (Wildman–Crippen MR) is 168 cm³/mol. The molecule has 1 saturated heterocycles. The molecule has 254 valence electrons. The summed E-state index contributed by atoms with van der Waals surface area (Å²) in [6, 6.07) is 3.69.